The predicted octanol–water partition coefficient (Wildman–Crippen LogP) is 2.61. The molecule has 1 atom stereocenters. The van der Waals surface area contributed by atoms with E-state index in [2.05, 4.69) is 12.2 Å². The molecule has 2 rings (SSSR count). The molecule has 1 aliphatic carbocycles. The monoisotopic (exact) mass is 276 g/mol. The van der Waals surface area contributed by atoms with Crippen molar-refractivity contribution in [2.75, 3.05) is 0 Å². The van der Waals surface area contributed by atoms with E-state index in [9.17, 15) is 19.8 Å². The molecule has 1 unspecified atom stereocenters. The Morgan fingerprint density at radius 1 is 1.26 bits per heavy atom. The number of hydrogen-bond donors (Lipinski definition) is 2. The third kappa shape index (κ3) is 1.96. The number of benzene rings is 1. The highest BCUT2D eigenvalue weighted by atomic mass is 32.1. The van der Waals surface area contributed by atoms with E-state index in [1.807, 2.05) is 0 Å². The van der Waals surface area contributed by atoms with E-state index in [-0.39, 0.29) is 38.9 Å². The minimum absolute atomic E-state index is 0.0174. The Balaban J connectivity index is 2.70. The number of Topliss-reactive ketones (excluding diaryl/α,β-unsaturated/α-hetero) is 2. The number of hydrogen-bond acceptors (Lipinski definition) is 4. The number of fused-ring (bicyclic) bond motifs is 1. The minimum atomic E-state index is -0.723. The lowest BCUT2D eigenvalue weighted by Gasteiger charge is -2.22. The zero-order valence-electron chi connectivity index (χ0n) is 10.4. The molecule has 0 amide bonds. The van der Waals surface area contributed by atoms with Gasteiger partial charge in [0.2, 0.25) is 0 Å². The summed E-state index contributed by atoms with van der Waals surface area (Å²) >= 11 is 4.67. The van der Waals surface area contributed by atoms with Crippen LogP contribution >= 0.6 is 12.2 Å². The van der Waals surface area contributed by atoms with Crippen LogP contribution in [0.3, 0.4) is 0 Å². The van der Waals surface area contributed by atoms with E-state index in [1.54, 1.807) is 6.92 Å². The molecule has 0 aliphatic heterocycles. The fraction of sp³-hybridized carbons (Fsp3) is 0.214. The largest absolute Gasteiger partial charge is 0.507 e. The van der Waals surface area contributed by atoms with Crippen molar-refractivity contribution in [1.82, 2.24) is 0 Å². The fourth-order valence-electron chi connectivity index (χ4n) is 2.24. The number of aliphatic hydroxyl groups excluding tert-OH is 1. The van der Waals surface area contributed by atoms with Gasteiger partial charge in [-0.15, -0.1) is 0 Å². The van der Waals surface area contributed by atoms with Crippen LogP contribution in [0.2, 0.25) is 0 Å². The topological polar surface area (TPSA) is 74.6 Å². The summed E-state index contributed by atoms with van der Waals surface area (Å²) in [5, 5.41) is 18.8. The maximum atomic E-state index is 12.4. The first kappa shape index (κ1) is 13.4. The smallest absolute Gasteiger partial charge is 0.194 e. The van der Waals surface area contributed by atoms with Crippen molar-refractivity contribution >= 4 is 28.8 Å². The zero-order valence-corrected chi connectivity index (χ0v) is 11.2. The number of allylic oxidation sites excluding steroid dienone is 1. The highest BCUT2D eigenvalue weighted by molar-refractivity contribution is 7.80. The molecule has 0 aromatic heterocycles. The second-order valence-corrected chi connectivity index (χ2v) is 4.87. The lowest BCUT2D eigenvalue weighted by atomic mass is 9.79. The molecule has 0 saturated carbocycles. The van der Waals surface area contributed by atoms with Gasteiger partial charge in [0.1, 0.15) is 5.75 Å². The van der Waals surface area contributed by atoms with E-state index in [4.69, 9.17) is 0 Å². The van der Waals surface area contributed by atoms with Gasteiger partial charge in [-0.05, 0) is 25.2 Å². The Morgan fingerprint density at radius 3 is 2.47 bits per heavy atom. The summed E-state index contributed by atoms with van der Waals surface area (Å²) in [7, 11) is 0. The van der Waals surface area contributed by atoms with E-state index in [0.717, 1.165) is 0 Å². The van der Waals surface area contributed by atoms with Gasteiger partial charge in [-0.3, -0.25) is 9.59 Å². The lowest BCUT2D eigenvalue weighted by Crippen LogP contribution is -2.27. The van der Waals surface area contributed by atoms with Crippen molar-refractivity contribution in [2.45, 2.75) is 13.8 Å². The Morgan fingerprint density at radius 2 is 1.89 bits per heavy atom. The maximum Gasteiger partial charge on any atom is 0.194 e. The van der Waals surface area contributed by atoms with E-state index in [1.165, 1.54) is 25.1 Å². The van der Waals surface area contributed by atoms with Gasteiger partial charge in [0.15, 0.2) is 16.6 Å². The molecule has 2 N–H and O–H groups in total. The fourth-order valence-corrected chi connectivity index (χ4v) is 2.36. The Labute approximate surface area is 115 Å². The maximum absolute atomic E-state index is 12.4. The summed E-state index contributed by atoms with van der Waals surface area (Å²) in [5.74, 6) is -1.76. The first-order valence-corrected chi connectivity index (χ1v) is 6.12. The first-order chi connectivity index (χ1) is 8.86. The predicted molar refractivity (Wildman–Crippen MR) is 73.9 cm³/mol. The molecule has 4 nitrogen and oxygen atoms in total. The van der Waals surface area contributed by atoms with Crippen LogP contribution in [0, 0.1) is 5.92 Å². The SMILES string of the molecule is CC1=C(C(C)C(O)=S)C(=O)c2c(O)cccc2C1=O. The molecule has 5 heteroatoms. The minimum Gasteiger partial charge on any atom is -0.507 e. The third-order valence-corrected chi connectivity index (χ3v) is 3.66. The van der Waals surface area contributed by atoms with Crippen molar-refractivity contribution in [3.05, 3.63) is 40.5 Å². The molecular weight excluding hydrogens is 264 g/mol. The zero-order chi connectivity index (χ0) is 14.3. The molecule has 0 heterocycles. The van der Waals surface area contributed by atoms with Crippen molar-refractivity contribution in [3.8, 4) is 5.75 Å². The number of rotatable bonds is 2. The summed E-state index contributed by atoms with van der Waals surface area (Å²) < 4.78 is 0. The average Bonchev–Trinajstić information content (AvgIpc) is 2.35. The first-order valence-electron chi connectivity index (χ1n) is 5.71. The molecule has 0 radical (unpaired) electrons. The van der Waals surface area contributed by atoms with Gasteiger partial charge in [0.25, 0.3) is 0 Å². The van der Waals surface area contributed by atoms with E-state index < -0.39 is 11.7 Å². The van der Waals surface area contributed by atoms with Gasteiger partial charge in [0.05, 0.1) is 11.5 Å². The van der Waals surface area contributed by atoms with Crippen molar-refractivity contribution in [3.63, 3.8) is 0 Å². The highest BCUT2D eigenvalue weighted by Gasteiger charge is 2.35. The normalized spacial score (nSPS) is 16.3. The van der Waals surface area contributed by atoms with Gasteiger partial charge in [-0.2, -0.15) is 0 Å². The molecule has 0 fully saturated rings. The Hall–Kier alpha value is -2.01. The number of aromatic hydroxyl groups is 1. The Bertz CT molecular complexity index is 643. The van der Waals surface area contributed by atoms with Gasteiger partial charge in [-0.25, -0.2) is 0 Å². The molecule has 1 aromatic carbocycles. The van der Waals surface area contributed by atoms with Crippen molar-refractivity contribution in [1.29, 1.82) is 0 Å². The van der Waals surface area contributed by atoms with Crippen LogP contribution in [0.15, 0.2) is 29.3 Å². The quantitative estimate of drug-likeness (QED) is 0.812. The van der Waals surface area contributed by atoms with Crippen LogP contribution in [0.4, 0.5) is 0 Å². The van der Waals surface area contributed by atoms with Crippen molar-refractivity contribution in [2.24, 2.45) is 5.92 Å². The summed E-state index contributed by atoms with van der Waals surface area (Å²) in [6.07, 6.45) is 0. The van der Waals surface area contributed by atoms with Gasteiger partial charge in [-0.1, -0.05) is 19.1 Å². The number of phenols is 1. The van der Waals surface area contributed by atoms with E-state index >= 15 is 0 Å². The molecular formula is C14H12O4S. The molecule has 98 valence electrons. The number of carbonyl (C=O) groups is 2. The van der Waals surface area contributed by atoms with Crippen LogP contribution in [0.1, 0.15) is 34.6 Å². The molecule has 1 aliphatic rings. The lowest BCUT2D eigenvalue weighted by molar-refractivity contribution is 0.0966. The third-order valence-electron chi connectivity index (χ3n) is 3.31. The number of thiocarbonyl (C=S) groups is 1. The molecule has 0 saturated heterocycles. The van der Waals surface area contributed by atoms with Crippen LogP contribution in [-0.4, -0.2) is 26.8 Å². The molecule has 0 bridgehead atoms. The summed E-state index contributed by atoms with van der Waals surface area (Å²) in [6, 6.07) is 4.36. The van der Waals surface area contributed by atoms with Gasteiger partial charge >= 0.3 is 0 Å². The Kier molecular flexibility index (Phi) is 3.24. The van der Waals surface area contributed by atoms with Gasteiger partial charge < -0.3 is 10.2 Å². The second-order valence-electron chi connectivity index (χ2n) is 4.46. The van der Waals surface area contributed by atoms with Crippen LogP contribution in [0.25, 0.3) is 0 Å². The van der Waals surface area contributed by atoms with Crippen LogP contribution in [0.5, 0.6) is 5.75 Å². The number of carbonyl (C=O) groups excluding carboxylic acids is 2. The molecule has 0 spiro atoms. The average molecular weight is 276 g/mol. The van der Waals surface area contributed by atoms with Crippen LogP contribution in [-0.2, 0) is 0 Å². The summed E-state index contributed by atoms with van der Waals surface area (Å²) in [5.41, 5.74) is 0.567. The number of aliphatic hydroxyl groups is 1. The summed E-state index contributed by atoms with van der Waals surface area (Å²) in [4.78, 5) is 24.6. The van der Waals surface area contributed by atoms with Gasteiger partial charge in [0, 0.05) is 16.7 Å². The standard InChI is InChI=1S/C14H12O4S/c1-6-10(7(2)14(18)19)13(17)11-8(12(6)16)4-3-5-9(11)15/h3-5,7,15H,1-2H3,(H,18,19). The highest BCUT2D eigenvalue weighted by Crippen LogP contribution is 2.34. The summed E-state index contributed by atoms with van der Waals surface area (Å²) in [6.45, 7) is 3.08. The number of ketones is 2. The van der Waals surface area contributed by atoms with E-state index in [0.29, 0.717) is 0 Å². The van der Waals surface area contributed by atoms with Crippen molar-refractivity contribution < 1.29 is 19.8 Å². The van der Waals surface area contributed by atoms with Crippen LogP contribution < -0.4 is 0 Å². The molecule has 19 heavy (non-hydrogen) atoms. The molecule has 1 aromatic rings. The second kappa shape index (κ2) is 4.59. The number of phenolic OH excluding ortho intramolecular Hbond substituents is 1.